The molecule has 1 saturated heterocycles. The molecule has 1 radical (unpaired) electrons. The van der Waals surface area contributed by atoms with E-state index in [1.54, 1.807) is 36.5 Å². The number of carbonyl (C=O) groups is 1. The minimum absolute atomic E-state index is 0.0309. The van der Waals surface area contributed by atoms with E-state index in [9.17, 15) is 44.8 Å². The van der Waals surface area contributed by atoms with Crippen molar-refractivity contribution in [1.82, 2.24) is 19.2 Å². The van der Waals surface area contributed by atoms with Crippen LogP contribution >= 0.6 is 11.5 Å². The number of benzene rings is 3. The summed E-state index contributed by atoms with van der Waals surface area (Å²) in [6, 6.07) is 19.0. The van der Waals surface area contributed by atoms with Crippen molar-refractivity contribution in [3.63, 3.8) is 0 Å². The molecule has 19 heteroatoms. The predicted octanol–water partition coefficient (Wildman–Crippen LogP) is 8.56. The van der Waals surface area contributed by atoms with Crippen molar-refractivity contribution in [3.05, 3.63) is 102 Å². The molecular weight excluding hydrogens is 845 g/mol. The zero-order chi connectivity index (χ0) is 40.1. The number of pyridine rings is 1. The molecule has 1 fully saturated rings. The molecule has 0 saturated carbocycles. The molecule has 291 valence electrons. The Hall–Kier alpha value is -4.98. The Morgan fingerprint density at radius 2 is 1.70 bits per heavy atom. The Labute approximate surface area is 328 Å². The molecule has 6 rings (SSSR count). The minimum atomic E-state index is -4.87. The van der Waals surface area contributed by atoms with Crippen molar-refractivity contribution in [2.75, 3.05) is 17.8 Å². The molecule has 2 aromatic heterocycles. The fourth-order valence-electron chi connectivity index (χ4n) is 6.07. The van der Waals surface area contributed by atoms with Gasteiger partial charge in [-0.15, -0.1) is 0 Å². The summed E-state index contributed by atoms with van der Waals surface area (Å²) in [5.74, 6) is -1.31. The van der Waals surface area contributed by atoms with Crippen LogP contribution in [0.2, 0.25) is 5.21 Å². The van der Waals surface area contributed by atoms with Gasteiger partial charge in [-0.25, -0.2) is 13.4 Å². The quantitative estimate of drug-likeness (QED) is 0.0748. The fraction of sp³-hybridized carbons (Fsp3) is 0.270. The molecular formula is C37H30AsF6N6O4S2. The first-order valence-corrected chi connectivity index (χ1v) is 21.8. The number of carbonyl (C=O) groups excluding carboxylic acids is 1. The summed E-state index contributed by atoms with van der Waals surface area (Å²) in [6.45, 7) is 0.156. The molecule has 0 spiro atoms. The molecule has 10 nitrogen and oxygen atoms in total. The Balaban J connectivity index is 1.23. The number of sulfonamides is 1. The van der Waals surface area contributed by atoms with E-state index >= 15 is 0 Å². The molecule has 3 aromatic carbocycles. The molecule has 0 bridgehead atoms. The average molecular weight is 876 g/mol. The summed E-state index contributed by atoms with van der Waals surface area (Å²) < 4.78 is 117. The molecule has 5 aromatic rings. The van der Waals surface area contributed by atoms with Crippen LogP contribution in [0.1, 0.15) is 36.1 Å². The molecule has 0 atom stereocenters. The number of nitriles is 1. The number of alkyl halides is 6. The van der Waals surface area contributed by atoms with Crippen LogP contribution in [0, 0.1) is 17.2 Å². The second kappa shape index (κ2) is 17.0. The number of anilines is 1. The number of nitrogens with zero attached hydrogens (tertiary/aromatic N) is 5. The van der Waals surface area contributed by atoms with E-state index < -0.39 is 33.8 Å². The summed E-state index contributed by atoms with van der Waals surface area (Å²) in [5.41, 5.74) is 1.68. The van der Waals surface area contributed by atoms with E-state index in [4.69, 9.17) is 4.74 Å². The summed E-state index contributed by atoms with van der Waals surface area (Å²) in [5, 5.41) is 11.5. The summed E-state index contributed by atoms with van der Waals surface area (Å²) in [7, 11) is -4.12. The number of halogens is 6. The molecule has 0 aliphatic carbocycles. The van der Waals surface area contributed by atoms with Gasteiger partial charge in [0.1, 0.15) is 6.33 Å². The number of nitrogens with one attached hydrogen (secondary N) is 1. The van der Waals surface area contributed by atoms with Gasteiger partial charge in [-0.05, 0) is 0 Å². The molecule has 0 unspecified atom stereocenters. The van der Waals surface area contributed by atoms with Gasteiger partial charge in [0.2, 0.25) is 5.13 Å². The first-order valence-electron chi connectivity index (χ1n) is 16.9. The van der Waals surface area contributed by atoms with E-state index in [1.807, 2.05) is 12.1 Å². The molecule has 1 aliphatic heterocycles. The first kappa shape index (κ1) is 40.7. The van der Waals surface area contributed by atoms with Crippen molar-refractivity contribution in [2.24, 2.45) is 5.92 Å². The van der Waals surface area contributed by atoms with Crippen molar-refractivity contribution >= 4 is 48.3 Å². The van der Waals surface area contributed by atoms with Crippen LogP contribution in [0.3, 0.4) is 0 Å². The average Bonchev–Trinajstić information content (AvgIpc) is 3.68. The Morgan fingerprint density at radius 3 is 2.39 bits per heavy atom. The number of hydrogen-bond donors (Lipinski definition) is 1. The second-order valence-corrected chi connectivity index (χ2v) is 17.7. The van der Waals surface area contributed by atoms with Gasteiger partial charge in [0.25, 0.3) is 0 Å². The van der Waals surface area contributed by atoms with Gasteiger partial charge in [-0.1, -0.05) is 0 Å². The topological polar surface area (TPSA) is 138 Å². The third-order valence-electron chi connectivity index (χ3n) is 8.93. The van der Waals surface area contributed by atoms with E-state index in [-0.39, 0.29) is 61.8 Å². The summed E-state index contributed by atoms with van der Waals surface area (Å²) >= 11 is 0.595. The van der Waals surface area contributed by atoms with Gasteiger partial charge in [0, 0.05) is 11.5 Å². The number of likely N-dealkylation sites (tertiary alicyclic amines) is 1. The van der Waals surface area contributed by atoms with Crippen molar-refractivity contribution in [3.8, 4) is 39.8 Å². The van der Waals surface area contributed by atoms with Crippen LogP contribution in [0.5, 0.6) is 11.5 Å². The molecule has 1 aliphatic rings. The van der Waals surface area contributed by atoms with Gasteiger partial charge in [0.15, 0.2) is 0 Å². The Kier molecular flexibility index (Phi) is 12.4. The van der Waals surface area contributed by atoms with Crippen molar-refractivity contribution in [1.29, 1.82) is 5.26 Å². The third kappa shape index (κ3) is 10.1. The van der Waals surface area contributed by atoms with Crippen LogP contribution < -0.4 is 9.46 Å². The molecule has 1 N–H and O–H groups in total. The fourth-order valence-corrected chi connectivity index (χ4v) is 10.1. The number of amides is 1. The van der Waals surface area contributed by atoms with E-state index in [0.29, 0.717) is 40.3 Å². The molecule has 1 amide bonds. The summed E-state index contributed by atoms with van der Waals surface area (Å²) in [6.07, 6.45) is -4.80. The van der Waals surface area contributed by atoms with E-state index in [1.165, 1.54) is 24.5 Å². The Bertz CT molecular complexity index is 2350. The van der Waals surface area contributed by atoms with E-state index in [0.717, 1.165) is 52.0 Å². The first-order chi connectivity index (χ1) is 26.6. The standard InChI is InChI=1S/C37H30AsF6N6O4S2/c39-36(40,41)28-3-1-2-24(16-28)25-4-6-33(54-32-7-5-30(18-27(32)21-45)56(52,53)49-35-47-22-48-55-35)31(19-25)26-9-13-46-29(17-26)20-38-12-8-23-10-14-50(15-11-23)34(51)37(42,43)44/h1-7,9,13,16-19,22-23H,8,10-12,14-15,20H2,(H,47,48,49). The van der Waals surface area contributed by atoms with Crippen LogP contribution in [0.4, 0.5) is 31.5 Å². The number of rotatable bonds is 12. The maximum absolute atomic E-state index is 13.6. The Morgan fingerprint density at radius 1 is 0.946 bits per heavy atom. The molecule has 56 heavy (non-hydrogen) atoms. The van der Waals surface area contributed by atoms with Crippen LogP contribution in [-0.2, 0) is 26.2 Å². The van der Waals surface area contributed by atoms with Crippen molar-refractivity contribution in [2.45, 2.75) is 46.9 Å². The number of piperidine rings is 1. The maximum atomic E-state index is 13.6. The van der Waals surface area contributed by atoms with Gasteiger partial charge in [-0.2, -0.15) is 4.37 Å². The number of ether oxygens (including phenoxy) is 1. The number of aromatic nitrogens is 3. The SMILES string of the molecule is N#Cc1cc(S(=O)(=O)Nc2ncns2)ccc1Oc1ccc(-c2cccc(C(F)(F)F)c2)cc1-c1ccnc(C[As]CCC2CCN(C(=O)C(F)(F)F)CC2)c1. The number of hydrogen-bond acceptors (Lipinski definition) is 9. The second-order valence-electron chi connectivity index (χ2n) is 12.7. The van der Waals surface area contributed by atoms with Crippen LogP contribution in [-0.4, -0.2) is 68.6 Å². The third-order valence-corrected chi connectivity index (χ3v) is 13.3. The van der Waals surface area contributed by atoms with Gasteiger partial charge < -0.3 is 0 Å². The molecule has 3 heterocycles. The normalized spacial score (nSPS) is 14.2. The van der Waals surface area contributed by atoms with Crippen LogP contribution in [0.25, 0.3) is 22.3 Å². The van der Waals surface area contributed by atoms with E-state index in [2.05, 4.69) is 19.1 Å². The van der Waals surface area contributed by atoms with Crippen molar-refractivity contribution < 1.29 is 44.3 Å². The predicted molar refractivity (Wildman–Crippen MR) is 196 cm³/mol. The van der Waals surface area contributed by atoms with Gasteiger partial charge in [-0.3, -0.25) is 4.72 Å². The monoisotopic (exact) mass is 875 g/mol. The zero-order valence-corrected chi connectivity index (χ0v) is 32.5. The van der Waals surface area contributed by atoms with Gasteiger partial charge in [0.05, 0.1) is 0 Å². The van der Waals surface area contributed by atoms with Gasteiger partial charge >= 0.3 is 284 Å². The van der Waals surface area contributed by atoms with Crippen LogP contribution in [0.15, 0.2) is 90.2 Å². The summed E-state index contributed by atoms with van der Waals surface area (Å²) in [4.78, 5) is 20.5. The zero-order valence-electron chi connectivity index (χ0n) is 29.0.